The van der Waals surface area contributed by atoms with Crippen LogP contribution in [0, 0.1) is 0 Å². The van der Waals surface area contributed by atoms with E-state index in [1.54, 1.807) is 7.11 Å². The molecule has 0 aromatic carbocycles. The number of thiophene rings is 1. The van der Waals surface area contributed by atoms with Gasteiger partial charge in [-0.1, -0.05) is 0 Å². The van der Waals surface area contributed by atoms with Gasteiger partial charge in [-0.2, -0.15) is 0 Å². The van der Waals surface area contributed by atoms with Gasteiger partial charge in [-0.15, -0.1) is 11.3 Å². The lowest BCUT2D eigenvalue weighted by Crippen LogP contribution is -2.31. The van der Waals surface area contributed by atoms with E-state index in [1.165, 1.54) is 22.6 Å². The first-order valence-electron chi connectivity index (χ1n) is 6.69. The highest BCUT2D eigenvalue weighted by Gasteiger charge is 2.20. The standard InChI is InChI=1S/C14H24N2OS/c1-11(10-17-3)16(2)9-14-7-6-13(18-14)8-15-12-4-5-12/h6-7,11-12,15H,4-5,8-10H2,1-3H3. The zero-order valence-electron chi connectivity index (χ0n) is 11.6. The molecule has 3 nitrogen and oxygen atoms in total. The fourth-order valence-corrected chi connectivity index (χ4v) is 2.94. The molecule has 0 radical (unpaired) electrons. The van der Waals surface area contributed by atoms with E-state index in [0.29, 0.717) is 6.04 Å². The molecule has 0 bridgehead atoms. The molecule has 0 aliphatic heterocycles. The van der Waals surface area contributed by atoms with Crippen LogP contribution in [-0.2, 0) is 17.8 Å². The molecule has 0 amide bonds. The molecule has 1 atom stereocenters. The van der Waals surface area contributed by atoms with Crippen molar-refractivity contribution in [3.63, 3.8) is 0 Å². The molecule has 0 spiro atoms. The molecular formula is C14H24N2OS. The van der Waals surface area contributed by atoms with Crippen molar-refractivity contribution in [2.24, 2.45) is 0 Å². The van der Waals surface area contributed by atoms with E-state index in [-0.39, 0.29) is 0 Å². The van der Waals surface area contributed by atoms with Crippen molar-refractivity contribution in [3.8, 4) is 0 Å². The summed E-state index contributed by atoms with van der Waals surface area (Å²) in [7, 11) is 3.92. The summed E-state index contributed by atoms with van der Waals surface area (Å²) < 4.78 is 5.19. The normalized spacial score (nSPS) is 17.3. The van der Waals surface area contributed by atoms with E-state index in [4.69, 9.17) is 4.74 Å². The highest BCUT2D eigenvalue weighted by molar-refractivity contribution is 7.11. The minimum Gasteiger partial charge on any atom is -0.383 e. The quantitative estimate of drug-likeness (QED) is 0.784. The molecule has 1 heterocycles. The first-order chi connectivity index (χ1) is 8.69. The number of rotatable bonds is 8. The maximum absolute atomic E-state index is 5.19. The molecule has 1 unspecified atom stereocenters. The van der Waals surface area contributed by atoms with Crippen LogP contribution in [-0.4, -0.2) is 37.7 Å². The lowest BCUT2D eigenvalue weighted by Gasteiger charge is -2.23. The van der Waals surface area contributed by atoms with Gasteiger partial charge in [-0.05, 0) is 38.9 Å². The molecule has 0 saturated heterocycles. The van der Waals surface area contributed by atoms with Crippen molar-refractivity contribution in [1.82, 2.24) is 10.2 Å². The monoisotopic (exact) mass is 268 g/mol. The molecule has 2 rings (SSSR count). The van der Waals surface area contributed by atoms with Gasteiger partial charge >= 0.3 is 0 Å². The molecular weight excluding hydrogens is 244 g/mol. The van der Waals surface area contributed by atoms with E-state index >= 15 is 0 Å². The molecule has 4 heteroatoms. The Morgan fingerprint density at radius 2 is 2.17 bits per heavy atom. The van der Waals surface area contributed by atoms with Crippen LogP contribution in [0.25, 0.3) is 0 Å². The number of nitrogens with one attached hydrogen (secondary N) is 1. The highest BCUT2D eigenvalue weighted by Crippen LogP contribution is 2.22. The Bertz CT molecular complexity index is 362. The summed E-state index contributed by atoms with van der Waals surface area (Å²) in [6.45, 7) is 5.04. The van der Waals surface area contributed by atoms with Gasteiger partial charge in [0, 0.05) is 42.0 Å². The fourth-order valence-electron chi connectivity index (χ4n) is 1.90. The molecule has 1 aliphatic rings. The largest absolute Gasteiger partial charge is 0.383 e. The van der Waals surface area contributed by atoms with Gasteiger partial charge in [0.15, 0.2) is 0 Å². The molecule has 18 heavy (non-hydrogen) atoms. The molecule has 1 saturated carbocycles. The minimum absolute atomic E-state index is 0.463. The second-order valence-corrected chi connectivity index (χ2v) is 6.50. The molecule has 1 aliphatic carbocycles. The average Bonchev–Trinajstić information content (AvgIpc) is 3.08. The zero-order valence-corrected chi connectivity index (χ0v) is 12.4. The number of hydrogen-bond donors (Lipinski definition) is 1. The summed E-state index contributed by atoms with van der Waals surface area (Å²) in [6.07, 6.45) is 2.71. The van der Waals surface area contributed by atoms with Crippen molar-refractivity contribution in [2.75, 3.05) is 20.8 Å². The van der Waals surface area contributed by atoms with Gasteiger partial charge in [0.2, 0.25) is 0 Å². The van der Waals surface area contributed by atoms with Crippen LogP contribution in [0.1, 0.15) is 29.5 Å². The highest BCUT2D eigenvalue weighted by atomic mass is 32.1. The Hall–Kier alpha value is -0.420. The van der Waals surface area contributed by atoms with Gasteiger partial charge in [0.05, 0.1) is 6.61 Å². The minimum atomic E-state index is 0.463. The third kappa shape index (κ3) is 4.35. The maximum Gasteiger partial charge on any atom is 0.0615 e. The second-order valence-electron chi connectivity index (χ2n) is 5.24. The van der Waals surface area contributed by atoms with Crippen molar-refractivity contribution >= 4 is 11.3 Å². The second kappa shape index (κ2) is 6.66. The summed E-state index contributed by atoms with van der Waals surface area (Å²) in [5.74, 6) is 0. The number of ether oxygens (including phenoxy) is 1. The maximum atomic E-state index is 5.19. The Morgan fingerprint density at radius 1 is 1.44 bits per heavy atom. The predicted octanol–water partition coefficient (Wildman–Crippen LogP) is 2.47. The van der Waals surface area contributed by atoms with Crippen LogP contribution >= 0.6 is 11.3 Å². The fraction of sp³-hybridized carbons (Fsp3) is 0.714. The molecule has 1 N–H and O–H groups in total. The Kier molecular flexibility index (Phi) is 5.18. The Morgan fingerprint density at radius 3 is 2.83 bits per heavy atom. The number of likely N-dealkylation sites (N-methyl/N-ethyl adjacent to an activating group) is 1. The third-order valence-electron chi connectivity index (χ3n) is 3.43. The molecule has 102 valence electrons. The van der Waals surface area contributed by atoms with Crippen LogP contribution in [0.15, 0.2) is 12.1 Å². The van der Waals surface area contributed by atoms with Gasteiger partial charge in [-0.3, -0.25) is 4.90 Å². The van der Waals surface area contributed by atoms with E-state index in [2.05, 4.69) is 36.3 Å². The van der Waals surface area contributed by atoms with Crippen LogP contribution in [0.4, 0.5) is 0 Å². The van der Waals surface area contributed by atoms with Crippen molar-refractivity contribution in [2.45, 2.75) is 44.9 Å². The zero-order chi connectivity index (χ0) is 13.0. The first kappa shape index (κ1) is 14.0. The summed E-state index contributed by atoms with van der Waals surface area (Å²) in [5, 5.41) is 3.56. The van der Waals surface area contributed by atoms with Gasteiger partial charge < -0.3 is 10.1 Å². The lowest BCUT2D eigenvalue weighted by atomic mass is 10.3. The Labute approximate surface area is 114 Å². The van der Waals surface area contributed by atoms with Crippen LogP contribution < -0.4 is 5.32 Å². The van der Waals surface area contributed by atoms with E-state index in [9.17, 15) is 0 Å². The number of nitrogens with zero attached hydrogens (tertiary/aromatic N) is 1. The van der Waals surface area contributed by atoms with Crippen LogP contribution in [0.5, 0.6) is 0 Å². The summed E-state index contributed by atoms with van der Waals surface area (Å²) in [6, 6.07) is 5.76. The SMILES string of the molecule is COCC(C)N(C)Cc1ccc(CNC2CC2)s1. The van der Waals surface area contributed by atoms with Gasteiger partial charge in [-0.25, -0.2) is 0 Å². The molecule has 1 aromatic rings. The topological polar surface area (TPSA) is 24.5 Å². The van der Waals surface area contributed by atoms with E-state index < -0.39 is 0 Å². The number of methoxy groups -OCH3 is 1. The lowest BCUT2D eigenvalue weighted by molar-refractivity contribution is 0.112. The third-order valence-corrected chi connectivity index (χ3v) is 4.50. The summed E-state index contributed by atoms with van der Waals surface area (Å²) in [4.78, 5) is 5.23. The van der Waals surface area contributed by atoms with Crippen molar-refractivity contribution in [3.05, 3.63) is 21.9 Å². The van der Waals surface area contributed by atoms with Crippen LogP contribution in [0.2, 0.25) is 0 Å². The average molecular weight is 268 g/mol. The molecule has 1 aromatic heterocycles. The summed E-state index contributed by atoms with van der Waals surface area (Å²) >= 11 is 1.92. The predicted molar refractivity (Wildman–Crippen MR) is 77.0 cm³/mol. The van der Waals surface area contributed by atoms with Gasteiger partial charge in [0.25, 0.3) is 0 Å². The van der Waals surface area contributed by atoms with Gasteiger partial charge in [0.1, 0.15) is 0 Å². The smallest absolute Gasteiger partial charge is 0.0615 e. The van der Waals surface area contributed by atoms with Crippen molar-refractivity contribution < 1.29 is 4.74 Å². The van der Waals surface area contributed by atoms with E-state index in [1.807, 2.05) is 11.3 Å². The van der Waals surface area contributed by atoms with Crippen molar-refractivity contribution in [1.29, 1.82) is 0 Å². The molecule has 1 fully saturated rings. The summed E-state index contributed by atoms with van der Waals surface area (Å²) in [5.41, 5.74) is 0. The van der Waals surface area contributed by atoms with E-state index in [0.717, 1.165) is 25.7 Å². The van der Waals surface area contributed by atoms with Crippen LogP contribution in [0.3, 0.4) is 0 Å². The first-order valence-corrected chi connectivity index (χ1v) is 7.51. The number of hydrogen-bond acceptors (Lipinski definition) is 4. The Balaban J connectivity index is 1.77.